The first-order valence-electron chi connectivity index (χ1n) is 7.33. The first-order valence-corrected chi connectivity index (χ1v) is 7.33. The summed E-state index contributed by atoms with van der Waals surface area (Å²) in [5, 5.41) is 3.07. The highest BCUT2D eigenvalue weighted by Gasteiger charge is 2.34. The van der Waals surface area contributed by atoms with Gasteiger partial charge in [-0.3, -0.25) is 9.59 Å². The van der Waals surface area contributed by atoms with Gasteiger partial charge in [-0.2, -0.15) is 0 Å². The van der Waals surface area contributed by atoms with E-state index in [9.17, 15) is 9.59 Å². The second-order valence-electron chi connectivity index (χ2n) is 6.01. The predicted octanol–water partition coefficient (Wildman–Crippen LogP) is 1.30. The maximum Gasteiger partial charge on any atom is 0.225 e. The zero-order chi connectivity index (χ0) is 12.5. The number of likely N-dealkylation sites (tertiary alicyclic amines) is 1. The molecule has 3 aliphatic rings. The fraction of sp³-hybridized carbons (Fsp3) is 0.857. The number of hydrogen-bond acceptors (Lipinski definition) is 2. The number of carbonyl (C=O) groups is 2. The van der Waals surface area contributed by atoms with Crippen LogP contribution in [-0.4, -0.2) is 35.8 Å². The Hall–Kier alpha value is -1.06. The molecule has 0 bridgehead atoms. The van der Waals surface area contributed by atoms with Gasteiger partial charge in [0.1, 0.15) is 0 Å². The van der Waals surface area contributed by atoms with Gasteiger partial charge in [-0.05, 0) is 38.5 Å². The van der Waals surface area contributed by atoms with Gasteiger partial charge < -0.3 is 10.2 Å². The number of rotatable bonds is 3. The summed E-state index contributed by atoms with van der Waals surface area (Å²) in [6, 6.07) is 0.451. The third kappa shape index (κ3) is 2.52. The van der Waals surface area contributed by atoms with E-state index in [2.05, 4.69) is 5.32 Å². The summed E-state index contributed by atoms with van der Waals surface area (Å²) >= 11 is 0. The van der Waals surface area contributed by atoms with Gasteiger partial charge in [-0.1, -0.05) is 6.42 Å². The average molecular weight is 250 g/mol. The normalized spacial score (nSPS) is 25.7. The van der Waals surface area contributed by atoms with Crippen LogP contribution in [0, 0.1) is 11.8 Å². The summed E-state index contributed by atoms with van der Waals surface area (Å²) in [5.41, 5.74) is 0. The SMILES string of the molecule is O=C(NC1CC1)C1CCN(C(=O)C2CCC2)CC1. The van der Waals surface area contributed by atoms with Crippen molar-refractivity contribution in [3.05, 3.63) is 0 Å². The van der Waals surface area contributed by atoms with Crippen molar-refractivity contribution in [1.82, 2.24) is 10.2 Å². The summed E-state index contributed by atoms with van der Waals surface area (Å²) in [4.78, 5) is 26.0. The largest absolute Gasteiger partial charge is 0.353 e. The molecule has 2 amide bonds. The molecular formula is C14H22N2O2. The molecule has 1 N–H and O–H groups in total. The quantitative estimate of drug-likeness (QED) is 0.821. The third-order valence-electron chi connectivity index (χ3n) is 4.56. The van der Waals surface area contributed by atoms with Gasteiger partial charge in [0.15, 0.2) is 0 Å². The van der Waals surface area contributed by atoms with E-state index >= 15 is 0 Å². The van der Waals surface area contributed by atoms with Crippen molar-refractivity contribution in [3.8, 4) is 0 Å². The van der Waals surface area contributed by atoms with Gasteiger partial charge >= 0.3 is 0 Å². The van der Waals surface area contributed by atoms with Crippen LogP contribution in [0.5, 0.6) is 0 Å². The highest BCUT2D eigenvalue weighted by Crippen LogP contribution is 2.30. The summed E-state index contributed by atoms with van der Waals surface area (Å²) in [6.07, 6.45) is 7.32. The standard InChI is InChI=1S/C14H22N2O2/c17-13(15-12-4-5-12)10-6-8-16(9-7-10)14(18)11-2-1-3-11/h10-12H,1-9H2,(H,15,17). The Bertz CT molecular complexity index is 340. The van der Waals surface area contributed by atoms with Crippen LogP contribution >= 0.6 is 0 Å². The Kier molecular flexibility index (Phi) is 3.27. The lowest BCUT2D eigenvalue weighted by atomic mass is 9.83. The van der Waals surface area contributed by atoms with Gasteiger partial charge in [0.2, 0.25) is 11.8 Å². The molecule has 0 aromatic carbocycles. The Balaban J connectivity index is 1.44. The van der Waals surface area contributed by atoms with Crippen molar-refractivity contribution in [2.45, 2.75) is 51.0 Å². The molecule has 0 spiro atoms. The summed E-state index contributed by atoms with van der Waals surface area (Å²) in [6.45, 7) is 1.55. The molecule has 0 atom stereocenters. The summed E-state index contributed by atoms with van der Waals surface area (Å²) in [7, 11) is 0. The second-order valence-corrected chi connectivity index (χ2v) is 6.01. The minimum Gasteiger partial charge on any atom is -0.353 e. The number of nitrogens with zero attached hydrogens (tertiary/aromatic N) is 1. The van der Waals surface area contributed by atoms with Crippen LogP contribution in [0.15, 0.2) is 0 Å². The molecule has 3 rings (SSSR count). The molecule has 2 aliphatic carbocycles. The van der Waals surface area contributed by atoms with Crippen LogP contribution in [0.1, 0.15) is 44.9 Å². The van der Waals surface area contributed by atoms with E-state index in [1.54, 1.807) is 0 Å². The van der Waals surface area contributed by atoms with Crippen molar-refractivity contribution in [3.63, 3.8) is 0 Å². The number of nitrogens with one attached hydrogen (secondary N) is 1. The molecule has 100 valence electrons. The molecule has 1 aliphatic heterocycles. The summed E-state index contributed by atoms with van der Waals surface area (Å²) < 4.78 is 0. The Morgan fingerprint density at radius 1 is 0.889 bits per heavy atom. The first-order chi connectivity index (χ1) is 8.74. The van der Waals surface area contributed by atoms with Crippen molar-refractivity contribution in [1.29, 1.82) is 0 Å². The topological polar surface area (TPSA) is 49.4 Å². The molecule has 18 heavy (non-hydrogen) atoms. The average Bonchev–Trinajstić information content (AvgIpc) is 3.11. The van der Waals surface area contributed by atoms with E-state index in [0.29, 0.717) is 17.9 Å². The van der Waals surface area contributed by atoms with E-state index in [-0.39, 0.29) is 11.8 Å². The molecule has 3 fully saturated rings. The monoisotopic (exact) mass is 250 g/mol. The van der Waals surface area contributed by atoms with Crippen LogP contribution in [0.4, 0.5) is 0 Å². The van der Waals surface area contributed by atoms with Crippen LogP contribution in [0.25, 0.3) is 0 Å². The Morgan fingerprint density at radius 3 is 2.06 bits per heavy atom. The van der Waals surface area contributed by atoms with Crippen molar-refractivity contribution in [2.75, 3.05) is 13.1 Å². The van der Waals surface area contributed by atoms with Gasteiger partial charge in [0.25, 0.3) is 0 Å². The zero-order valence-electron chi connectivity index (χ0n) is 10.9. The minimum atomic E-state index is 0.135. The van der Waals surface area contributed by atoms with Crippen LogP contribution in [0.3, 0.4) is 0 Å². The molecule has 0 aromatic heterocycles. The van der Waals surface area contributed by atoms with Crippen LogP contribution < -0.4 is 5.32 Å². The number of carbonyl (C=O) groups excluding carboxylic acids is 2. The molecule has 0 aromatic rings. The smallest absolute Gasteiger partial charge is 0.225 e. The molecule has 1 heterocycles. The molecule has 4 heteroatoms. The molecule has 0 unspecified atom stereocenters. The Labute approximate surface area is 108 Å². The summed E-state index contributed by atoms with van der Waals surface area (Å²) in [5.74, 6) is 0.980. The fourth-order valence-corrected chi connectivity index (χ4v) is 2.82. The Morgan fingerprint density at radius 2 is 1.56 bits per heavy atom. The number of piperidine rings is 1. The second kappa shape index (κ2) is 4.90. The highest BCUT2D eigenvalue weighted by atomic mass is 16.2. The van der Waals surface area contributed by atoms with Gasteiger partial charge in [0.05, 0.1) is 0 Å². The lowest BCUT2D eigenvalue weighted by molar-refractivity contribution is -0.141. The van der Waals surface area contributed by atoms with E-state index in [0.717, 1.165) is 51.6 Å². The van der Waals surface area contributed by atoms with Crippen molar-refractivity contribution >= 4 is 11.8 Å². The van der Waals surface area contributed by atoms with Crippen molar-refractivity contribution < 1.29 is 9.59 Å². The highest BCUT2D eigenvalue weighted by molar-refractivity contribution is 5.81. The molecule has 2 saturated carbocycles. The van der Waals surface area contributed by atoms with Crippen LogP contribution in [0.2, 0.25) is 0 Å². The molecular weight excluding hydrogens is 228 g/mol. The molecule has 4 nitrogen and oxygen atoms in total. The number of hydrogen-bond donors (Lipinski definition) is 1. The molecule has 1 saturated heterocycles. The maximum atomic E-state index is 12.1. The van der Waals surface area contributed by atoms with E-state index in [4.69, 9.17) is 0 Å². The van der Waals surface area contributed by atoms with E-state index in [1.165, 1.54) is 6.42 Å². The fourth-order valence-electron chi connectivity index (χ4n) is 2.82. The maximum absolute atomic E-state index is 12.1. The van der Waals surface area contributed by atoms with Crippen molar-refractivity contribution in [2.24, 2.45) is 11.8 Å². The molecule has 0 radical (unpaired) electrons. The predicted molar refractivity (Wildman–Crippen MR) is 67.8 cm³/mol. The van der Waals surface area contributed by atoms with E-state index < -0.39 is 0 Å². The third-order valence-corrected chi connectivity index (χ3v) is 4.56. The lowest BCUT2D eigenvalue weighted by Crippen LogP contribution is -2.46. The van der Waals surface area contributed by atoms with Gasteiger partial charge in [0, 0.05) is 31.0 Å². The van der Waals surface area contributed by atoms with Gasteiger partial charge in [-0.25, -0.2) is 0 Å². The van der Waals surface area contributed by atoms with E-state index in [1.807, 2.05) is 4.90 Å². The first kappa shape index (κ1) is 12.0. The van der Waals surface area contributed by atoms with Gasteiger partial charge in [-0.15, -0.1) is 0 Å². The number of amides is 2. The lowest BCUT2D eigenvalue weighted by Gasteiger charge is -2.36. The zero-order valence-corrected chi connectivity index (χ0v) is 10.9. The minimum absolute atomic E-state index is 0.135. The van der Waals surface area contributed by atoms with Crippen LogP contribution in [-0.2, 0) is 9.59 Å².